The smallest absolute Gasteiger partial charge is 0.306 e. The first-order chi connectivity index (χ1) is 13.3. The number of carbonyl (C=O) groups is 3. The lowest BCUT2D eigenvalue weighted by atomic mass is 9.88. The van der Waals surface area contributed by atoms with E-state index in [1.54, 1.807) is 43.3 Å². The number of carbonyl (C=O) groups excluding carboxylic acids is 2. The second kappa shape index (κ2) is 7.59. The van der Waals surface area contributed by atoms with E-state index < -0.39 is 17.4 Å². The molecule has 1 aliphatic rings. The average molecular weight is 384 g/mol. The highest BCUT2D eigenvalue weighted by atomic mass is 16.5. The molecule has 1 atom stereocenters. The number of rotatable bonds is 6. The summed E-state index contributed by atoms with van der Waals surface area (Å²) in [7, 11) is 1.51. The van der Waals surface area contributed by atoms with Gasteiger partial charge < -0.3 is 25.2 Å². The molecule has 3 rings (SSSR count). The van der Waals surface area contributed by atoms with Crippen molar-refractivity contribution in [1.29, 1.82) is 0 Å². The molecular weight excluding hydrogens is 364 g/mol. The summed E-state index contributed by atoms with van der Waals surface area (Å²) in [6, 6.07) is 11.5. The van der Waals surface area contributed by atoms with E-state index in [0.29, 0.717) is 22.7 Å². The van der Waals surface area contributed by atoms with Crippen LogP contribution in [0.15, 0.2) is 42.5 Å². The minimum Gasteiger partial charge on any atom is -0.497 e. The number of nitrogens with one attached hydrogen (secondary N) is 2. The summed E-state index contributed by atoms with van der Waals surface area (Å²) in [6.07, 6.45) is -0.323. The summed E-state index contributed by atoms with van der Waals surface area (Å²) in [4.78, 5) is 35.8. The van der Waals surface area contributed by atoms with Crippen LogP contribution in [0.2, 0.25) is 0 Å². The fourth-order valence-electron chi connectivity index (χ4n) is 3.03. The second-order valence-corrected chi connectivity index (χ2v) is 6.64. The maximum atomic E-state index is 12.8. The number of hydrogen-bond acceptors (Lipinski definition) is 5. The Morgan fingerprint density at radius 3 is 2.79 bits per heavy atom. The van der Waals surface area contributed by atoms with Crippen molar-refractivity contribution < 1.29 is 29.0 Å². The van der Waals surface area contributed by atoms with Gasteiger partial charge in [0, 0.05) is 5.56 Å². The van der Waals surface area contributed by atoms with E-state index in [4.69, 9.17) is 9.47 Å². The Labute approximate surface area is 161 Å². The third-order valence-corrected chi connectivity index (χ3v) is 4.48. The van der Waals surface area contributed by atoms with Crippen molar-refractivity contribution in [3.63, 3.8) is 0 Å². The van der Waals surface area contributed by atoms with Crippen LogP contribution in [0.25, 0.3) is 0 Å². The highest BCUT2D eigenvalue weighted by molar-refractivity contribution is 6.00. The molecule has 28 heavy (non-hydrogen) atoms. The molecule has 0 fully saturated rings. The van der Waals surface area contributed by atoms with Gasteiger partial charge >= 0.3 is 5.97 Å². The summed E-state index contributed by atoms with van der Waals surface area (Å²) in [5, 5.41) is 14.8. The van der Waals surface area contributed by atoms with Gasteiger partial charge in [-0.3, -0.25) is 14.4 Å². The van der Waals surface area contributed by atoms with Gasteiger partial charge in [-0.1, -0.05) is 12.1 Å². The first-order valence-corrected chi connectivity index (χ1v) is 8.56. The topological polar surface area (TPSA) is 114 Å². The predicted octanol–water partition coefficient (Wildman–Crippen LogP) is 2.15. The molecule has 2 aromatic rings. The Bertz CT molecular complexity index is 942. The van der Waals surface area contributed by atoms with Gasteiger partial charge in [-0.15, -0.1) is 0 Å². The van der Waals surface area contributed by atoms with Crippen LogP contribution in [-0.4, -0.2) is 36.6 Å². The van der Waals surface area contributed by atoms with Crippen molar-refractivity contribution in [2.75, 3.05) is 19.0 Å². The molecule has 1 heterocycles. The fourth-order valence-corrected chi connectivity index (χ4v) is 3.03. The molecule has 0 aliphatic carbocycles. The third-order valence-electron chi connectivity index (χ3n) is 4.48. The Morgan fingerprint density at radius 1 is 1.29 bits per heavy atom. The number of amides is 2. The number of carboxylic acids is 1. The molecule has 2 aromatic carbocycles. The minimum absolute atomic E-state index is 0.0783. The van der Waals surface area contributed by atoms with E-state index >= 15 is 0 Å². The van der Waals surface area contributed by atoms with Crippen molar-refractivity contribution in [2.45, 2.75) is 18.9 Å². The van der Waals surface area contributed by atoms with Crippen LogP contribution in [0.5, 0.6) is 11.5 Å². The van der Waals surface area contributed by atoms with Crippen LogP contribution >= 0.6 is 0 Å². The first kappa shape index (κ1) is 19.2. The monoisotopic (exact) mass is 384 g/mol. The molecule has 8 heteroatoms. The molecule has 0 saturated carbocycles. The summed E-state index contributed by atoms with van der Waals surface area (Å²) in [5.74, 6) is -0.822. The number of carboxylic acid groups (broad SMARTS) is 1. The van der Waals surface area contributed by atoms with E-state index in [0.717, 1.165) is 0 Å². The van der Waals surface area contributed by atoms with Gasteiger partial charge in [-0.2, -0.15) is 0 Å². The third kappa shape index (κ3) is 4.06. The molecule has 0 aromatic heterocycles. The quantitative estimate of drug-likeness (QED) is 0.703. The normalized spacial score (nSPS) is 14.7. The van der Waals surface area contributed by atoms with Crippen molar-refractivity contribution >= 4 is 23.5 Å². The molecule has 1 unspecified atom stereocenters. The SMILES string of the molecule is COc1cccc(C(C)(CC(=O)O)NC(=O)c2ccc3c(c2)NC(=O)CO3)c1. The zero-order valence-electron chi connectivity index (χ0n) is 15.4. The zero-order chi connectivity index (χ0) is 20.3. The second-order valence-electron chi connectivity index (χ2n) is 6.64. The number of anilines is 1. The molecule has 0 radical (unpaired) electrons. The van der Waals surface area contributed by atoms with Crippen molar-refractivity contribution in [2.24, 2.45) is 0 Å². The molecule has 3 N–H and O–H groups in total. The molecule has 0 bridgehead atoms. The lowest BCUT2D eigenvalue weighted by Crippen LogP contribution is -2.45. The van der Waals surface area contributed by atoms with Gasteiger partial charge in [0.15, 0.2) is 6.61 Å². The Kier molecular flexibility index (Phi) is 5.21. The molecule has 8 nitrogen and oxygen atoms in total. The summed E-state index contributed by atoms with van der Waals surface area (Å²) < 4.78 is 10.5. The summed E-state index contributed by atoms with van der Waals surface area (Å²) in [6.45, 7) is 1.56. The van der Waals surface area contributed by atoms with Crippen LogP contribution in [0, 0.1) is 0 Å². The van der Waals surface area contributed by atoms with Crippen molar-refractivity contribution in [3.05, 3.63) is 53.6 Å². The highest BCUT2D eigenvalue weighted by Gasteiger charge is 2.32. The van der Waals surface area contributed by atoms with Crippen LogP contribution < -0.4 is 20.1 Å². The predicted molar refractivity (Wildman–Crippen MR) is 101 cm³/mol. The fraction of sp³-hybridized carbons (Fsp3) is 0.250. The Balaban J connectivity index is 1.90. The maximum Gasteiger partial charge on any atom is 0.306 e. The Hall–Kier alpha value is -3.55. The van der Waals surface area contributed by atoms with Crippen LogP contribution in [0.4, 0.5) is 5.69 Å². The number of hydrogen-bond donors (Lipinski definition) is 3. The van der Waals surface area contributed by atoms with Crippen LogP contribution in [0.1, 0.15) is 29.3 Å². The molecular formula is C20H20N2O6. The minimum atomic E-state index is -1.17. The number of aliphatic carboxylic acids is 1. The van der Waals surface area contributed by atoms with E-state index in [-0.39, 0.29) is 24.5 Å². The Morgan fingerprint density at radius 2 is 2.07 bits per heavy atom. The van der Waals surface area contributed by atoms with Gasteiger partial charge in [0.1, 0.15) is 11.5 Å². The highest BCUT2D eigenvalue weighted by Crippen LogP contribution is 2.31. The van der Waals surface area contributed by atoms with Gasteiger partial charge in [-0.05, 0) is 42.8 Å². The molecule has 0 spiro atoms. The standard InChI is InChI=1S/C20H20N2O6/c1-20(10-18(24)25,13-4-3-5-14(9-13)27-2)22-19(26)12-6-7-16-15(8-12)21-17(23)11-28-16/h3-9H,10-11H2,1-2H3,(H,21,23)(H,22,26)(H,24,25). The molecule has 1 aliphatic heterocycles. The van der Waals surface area contributed by atoms with Gasteiger partial charge in [-0.25, -0.2) is 0 Å². The van der Waals surface area contributed by atoms with Crippen molar-refractivity contribution in [3.8, 4) is 11.5 Å². The molecule has 146 valence electrons. The lowest BCUT2D eigenvalue weighted by molar-refractivity contribution is -0.138. The van der Waals surface area contributed by atoms with Gasteiger partial charge in [0.05, 0.1) is 24.8 Å². The summed E-state index contributed by atoms with van der Waals surface area (Å²) in [5.41, 5.74) is 0.0825. The molecule has 0 saturated heterocycles. The van der Waals surface area contributed by atoms with E-state index in [1.807, 2.05) is 0 Å². The molecule has 2 amide bonds. The van der Waals surface area contributed by atoms with Crippen LogP contribution in [-0.2, 0) is 15.1 Å². The largest absolute Gasteiger partial charge is 0.497 e. The number of benzene rings is 2. The first-order valence-electron chi connectivity index (χ1n) is 8.56. The zero-order valence-corrected chi connectivity index (χ0v) is 15.4. The average Bonchev–Trinajstić information content (AvgIpc) is 2.66. The van der Waals surface area contributed by atoms with Crippen molar-refractivity contribution in [1.82, 2.24) is 5.32 Å². The number of fused-ring (bicyclic) bond motifs is 1. The van der Waals surface area contributed by atoms with E-state index in [1.165, 1.54) is 13.2 Å². The van der Waals surface area contributed by atoms with Gasteiger partial charge in [0.2, 0.25) is 0 Å². The van der Waals surface area contributed by atoms with E-state index in [9.17, 15) is 19.5 Å². The number of methoxy groups -OCH3 is 1. The van der Waals surface area contributed by atoms with E-state index in [2.05, 4.69) is 10.6 Å². The number of ether oxygens (including phenoxy) is 2. The van der Waals surface area contributed by atoms with Gasteiger partial charge in [0.25, 0.3) is 11.8 Å². The lowest BCUT2D eigenvalue weighted by Gasteiger charge is -2.30. The van der Waals surface area contributed by atoms with Crippen LogP contribution in [0.3, 0.4) is 0 Å². The summed E-state index contributed by atoms with van der Waals surface area (Å²) >= 11 is 0. The maximum absolute atomic E-state index is 12.8.